The maximum Gasteiger partial charge on any atom is 0.0915 e. The van der Waals surface area contributed by atoms with E-state index in [1.54, 1.807) is 12.4 Å². The lowest BCUT2D eigenvalue weighted by molar-refractivity contribution is 0.168. The van der Waals surface area contributed by atoms with E-state index in [1.807, 2.05) is 12.1 Å². The molecule has 3 rings (SSSR count). The molecule has 0 saturated carbocycles. The van der Waals surface area contributed by atoms with Crippen LogP contribution in [0.3, 0.4) is 0 Å². The van der Waals surface area contributed by atoms with Gasteiger partial charge in [-0.15, -0.1) is 0 Å². The second kappa shape index (κ2) is 6.16. The molecule has 3 nitrogen and oxygen atoms in total. The summed E-state index contributed by atoms with van der Waals surface area (Å²) in [6, 6.07) is 12.8. The fourth-order valence-corrected chi connectivity index (χ4v) is 2.85. The molecule has 1 aromatic heterocycles. The molecule has 0 aliphatic heterocycles. The van der Waals surface area contributed by atoms with Crippen LogP contribution in [0.4, 0.5) is 0 Å². The number of pyridine rings is 1. The molecule has 0 fully saturated rings. The Labute approximate surface area is 119 Å². The van der Waals surface area contributed by atoms with Crippen molar-refractivity contribution in [1.29, 1.82) is 0 Å². The summed E-state index contributed by atoms with van der Waals surface area (Å²) in [6.07, 6.45) is 6.29. The summed E-state index contributed by atoms with van der Waals surface area (Å²) in [7, 11) is 0. The number of rotatable bonds is 4. The first-order chi connectivity index (χ1) is 9.83. The first kappa shape index (κ1) is 13.3. The van der Waals surface area contributed by atoms with Crippen molar-refractivity contribution in [2.45, 2.75) is 31.4 Å². The highest BCUT2D eigenvalue weighted by molar-refractivity contribution is 5.30. The summed E-state index contributed by atoms with van der Waals surface area (Å²) in [4.78, 5) is 3.97. The van der Waals surface area contributed by atoms with Gasteiger partial charge in [-0.2, -0.15) is 0 Å². The molecule has 104 valence electrons. The van der Waals surface area contributed by atoms with Crippen LogP contribution in [0.25, 0.3) is 0 Å². The Hall–Kier alpha value is -1.71. The minimum Gasteiger partial charge on any atom is -0.387 e. The van der Waals surface area contributed by atoms with Gasteiger partial charge in [-0.05, 0) is 48.1 Å². The first-order valence-electron chi connectivity index (χ1n) is 7.21. The van der Waals surface area contributed by atoms with Crippen LogP contribution >= 0.6 is 0 Å². The fraction of sp³-hybridized carbons (Fsp3) is 0.353. The Bertz CT molecular complexity index is 556. The largest absolute Gasteiger partial charge is 0.387 e. The summed E-state index contributed by atoms with van der Waals surface area (Å²) in [5.41, 5.74) is 3.83. The van der Waals surface area contributed by atoms with Gasteiger partial charge in [0.25, 0.3) is 0 Å². The number of hydrogen-bond donors (Lipinski definition) is 2. The van der Waals surface area contributed by atoms with Crippen molar-refractivity contribution in [2.75, 3.05) is 6.54 Å². The minimum absolute atomic E-state index is 0.460. The summed E-state index contributed by atoms with van der Waals surface area (Å²) >= 11 is 0. The highest BCUT2D eigenvalue weighted by Gasteiger charge is 2.18. The first-order valence-corrected chi connectivity index (χ1v) is 7.21. The Morgan fingerprint density at radius 3 is 2.70 bits per heavy atom. The summed E-state index contributed by atoms with van der Waals surface area (Å²) in [6.45, 7) is 0.594. The molecule has 0 bridgehead atoms. The van der Waals surface area contributed by atoms with Gasteiger partial charge in [0.1, 0.15) is 0 Å². The second-order valence-electron chi connectivity index (χ2n) is 5.41. The molecule has 0 spiro atoms. The molecule has 0 radical (unpaired) electrons. The van der Waals surface area contributed by atoms with E-state index in [0.29, 0.717) is 12.6 Å². The lowest BCUT2D eigenvalue weighted by Gasteiger charge is -2.26. The third-order valence-electron chi connectivity index (χ3n) is 4.04. The highest BCUT2D eigenvalue weighted by atomic mass is 16.3. The van der Waals surface area contributed by atoms with Gasteiger partial charge in [0.2, 0.25) is 0 Å². The quantitative estimate of drug-likeness (QED) is 0.894. The van der Waals surface area contributed by atoms with Crippen LogP contribution in [0.2, 0.25) is 0 Å². The van der Waals surface area contributed by atoms with Crippen molar-refractivity contribution >= 4 is 0 Å². The maximum absolute atomic E-state index is 10.2. The predicted octanol–water partition coefficient (Wildman–Crippen LogP) is 2.26. The van der Waals surface area contributed by atoms with Crippen LogP contribution in [-0.4, -0.2) is 22.7 Å². The number of aliphatic hydroxyl groups is 1. The SMILES string of the molecule is OC(CNC1CCc2ccccc2C1)c1ccncc1. The van der Waals surface area contributed by atoms with E-state index < -0.39 is 6.10 Å². The number of aliphatic hydroxyl groups excluding tert-OH is 1. The Morgan fingerprint density at radius 2 is 1.90 bits per heavy atom. The average Bonchev–Trinajstić information content (AvgIpc) is 2.53. The van der Waals surface area contributed by atoms with Crippen LogP contribution in [0.15, 0.2) is 48.8 Å². The number of nitrogens with zero attached hydrogens (tertiary/aromatic N) is 1. The molecule has 1 aliphatic carbocycles. The standard InChI is InChI=1S/C17H20N2O/c20-17(14-7-9-18-10-8-14)12-19-16-6-5-13-3-1-2-4-15(13)11-16/h1-4,7-10,16-17,19-20H,5-6,11-12H2. The van der Waals surface area contributed by atoms with Gasteiger partial charge in [0, 0.05) is 25.0 Å². The van der Waals surface area contributed by atoms with E-state index in [9.17, 15) is 5.11 Å². The zero-order chi connectivity index (χ0) is 13.8. The van der Waals surface area contributed by atoms with Crippen molar-refractivity contribution in [3.05, 3.63) is 65.5 Å². The zero-order valence-electron chi connectivity index (χ0n) is 11.5. The van der Waals surface area contributed by atoms with Crippen LogP contribution in [-0.2, 0) is 12.8 Å². The summed E-state index contributed by atoms with van der Waals surface area (Å²) < 4.78 is 0. The fourth-order valence-electron chi connectivity index (χ4n) is 2.85. The number of hydrogen-bond acceptors (Lipinski definition) is 3. The molecule has 1 aliphatic rings. The van der Waals surface area contributed by atoms with Gasteiger partial charge in [-0.1, -0.05) is 24.3 Å². The molecule has 2 N–H and O–H groups in total. The molecule has 20 heavy (non-hydrogen) atoms. The van der Waals surface area contributed by atoms with Gasteiger partial charge < -0.3 is 10.4 Å². The number of benzene rings is 1. The monoisotopic (exact) mass is 268 g/mol. The van der Waals surface area contributed by atoms with E-state index in [-0.39, 0.29) is 0 Å². The molecule has 2 aromatic rings. The van der Waals surface area contributed by atoms with Gasteiger partial charge >= 0.3 is 0 Å². The normalized spacial score (nSPS) is 19.4. The van der Waals surface area contributed by atoms with Crippen LogP contribution in [0.1, 0.15) is 29.2 Å². The topological polar surface area (TPSA) is 45.1 Å². The van der Waals surface area contributed by atoms with Gasteiger partial charge in [-0.25, -0.2) is 0 Å². The van der Waals surface area contributed by atoms with E-state index in [0.717, 1.165) is 24.8 Å². The molecule has 3 heteroatoms. The smallest absolute Gasteiger partial charge is 0.0915 e. The summed E-state index contributed by atoms with van der Waals surface area (Å²) in [5, 5.41) is 13.6. The van der Waals surface area contributed by atoms with Crippen molar-refractivity contribution in [1.82, 2.24) is 10.3 Å². The van der Waals surface area contributed by atoms with E-state index in [2.05, 4.69) is 34.6 Å². The van der Waals surface area contributed by atoms with Gasteiger partial charge in [-0.3, -0.25) is 4.98 Å². The number of aryl methyl sites for hydroxylation is 1. The lowest BCUT2D eigenvalue weighted by atomic mass is 9.88. The van der Waals surface area contributed by atoms with Gasteiger partial charge in [0.15, 0.2) is 0 Å². The molecular formula is C17H20N2O. The number of nitrogens with one attached hydrogen (secondary N) is 1. The van der Waals surface area contributed by atoms with Gasteiger partial charge in [0.05, 0.1) is 6.10 Å². The van der Waals surface area contributed by atoms with Crippen molar-refractivity contribution in [3.8, 4) is 0 Å². The zero-order valence-corrected chi connectivity index (χ0v) is 11.5. The third-order valence-corrected chi connectivity index (χ3v) is 4.04. The number of fused-ring (bicyclic) bond motifs is 1. The summed E-state index contributed by atoms with van der Waals surface area (Å²) in [5.74, 6) is 0. The Morgan fingerprint density at radius 1 is 1.15 bits per heavy atom. The van der Waals surface area contributed by atoms with Crippen molar-refractivity contribution < 1.29 is 5.11 Å². The lowest BCUT2D eigenvalue weighted by Crippen LogP contribution is -2.37. The predicted molar refractivity (Wildman–Crippen MR) is 79.5 cm³/mol. The molecule has 1 heterocycles. The van der Waals surface area contributed by atoms with Crippen molar-refractivity contribution in [2.24, 2.45) is 0 Å². The molecule has 2 unspecified atom stereocenters. The number of aromatic nitrogens is 1. The minimum atomic E-state index is -0.463. The van der Waals surface area contributed by atoms with E-state index >= 15 is 0 Å². The van der Waals surface area contributed by atoms with Crippen molar-refractivity contribution in [3.63, 3.8) is 0 Å². The average molecular weight is 268 g/mol. The van der Waals surface area contributed by atoms with E-state index in [1.165, 1.54) is 11.1 Å². The molecule has 0 amide bonds. The van der Waals surface area contributed by atoms with Crippen LogP contribution < -0.4 is 5.32 Å². The molecule has 2 atom stereocenters. The molecular weight excluding hydrogens is 248 g/mol. The maximum atomic E-state index is 10.2. The molecule has 1 aromatic carbocycles. The van der Waals surface area contributed by atoms with Crippen LogP contribution in [0, 0.1) is 0 Å². The third kappa shape index (κ3) is 3.06. The van der Waals surface area contributed by atoms with Crippen LogP contribution in [0.5, 0.6) is 0 Å². The molecule has 0 saturated heterocycles. The Balaban J connectivity index is 1.55. The van der Waals surface area contributed by atoms with E-state index in [4.69, 9.17) is 0 Å². The second-order valence-corrected chi connectivity index (χ2v) is 5.41. The Kier molecular flexibility index (Phi) is 4.09. The highest BCUT2D eigenvalue weighted by Crippen LogP contribution is 2.21.